The van der Waals surface area contributed by atoms with Crippen LogP contribution in [0.15, 0.2) is 54.6 Å². The predicted molar refractivity (Wildman–Crippen MR) is 104 cm³/mol. The largest absolute Gasteiger partial charge is 0.496 e. The van der Waals surface area contributed by atoms with E-state index in [9.17, 15) is 9.90 Å². The third-order valence-corrected chi connectivity index (χ3v) is 4.86. The van der Waals surface area contributed by atoms with Crippen molar-refractivity contribution in [1.29, 1.82) is 0 Å². The standard InChI is InChI=1S/C22H19NO3/c1-13-7-6-8-15(11-13)23-14(2)20(22(24)25)18-12-19(26-3)16-9-4-5-10-17(16)21(18)23/h4-12H,1-3H3,(H,24,25). The lowest BCUT2D eigenvalue weighted by molar-refractivity contribution is 0.0698. The average Bonchev–Trinajstić information content (AvgIpc) is 2.93. The van der Waals surface area contributed by atoms with Crippen molar-refractivity contribution in [2.45, 2.75) is 13.8 Å². The highest BCUT2D eigenvalue weighted by Gasteiger charge is 2.23. The summed E-state index contributed by atoms with van der Waals surface area (Å²) in [5.41, 5.74) is 3.98. The highest BCUT2D eigenvalue weighted by atomic mass is 16.5. The molecule has 0 unspecified atom stereocenters. The van der Waals surface area contributed by atoms with Gasteiger partial charge in [-0.2, -0.15) is 0 Å². The number of ether oxygens (including phenoxy) is 1. The second-order valence-electron chi connectivity index (χ2n) is 6.46. The summed E-state index contributed by atoms with van der Waals surface area (Å²) >= 11 is 0. The Balaban J connectivity index is 2.27. The number of fused-ring (bicyclic) bond motifs is 3. The molecule has 26 heavy (non-hydrogen) atoms. The molecule has 1 aromatic heterocycles. The molecule has 130 valence electrons. The first-order valence-electron chi connectivity index (χ1n) is 8.44. The number of benzene rings is 3. The van der Waals surface area contributed by atoms with E-state index in [-0.39, 0.29) is 0 Å². The van der Waals surface area contributed by atoms with Crippen molar-refractivity contribution >= 4 is 27.6 Å². The Kier molecular flexibility index (Phi) is 3.69. The molecule has 0 radical (unpaired) electrons. The third-order valence-electron chi connectivity index (χ3n) is 4.86. The Morgan fingerprint density at radius 3 is 2.35 bits per heavy atom. The maximum atomic E-state index is 12.0. The van der Waals surface area contributed by atoms with Crippen molar-refractivity contribution in [3.63, 3.8) is 0 Å². The second kappa shape index (κ2) is 5.92. The summed E-state index contributed by atoms with van der Waals surface area (Å²) in [6.45, 7) is 3.89. The predicted octanol–water partition coefficient (Wildman–Crippen LogP) is 5.11. The number of hydrogen-bond donors (Lipinski definition) is 1. The van der Waals surface area contributed by atoms with E-state index in [1.807, 2.05) is 66.9 Å². The van der Waals surface area contributed by atoms with Crippen LogP contribution in [0.4, 0.5) is 0 Å². The minimum Gasteiger partial charge on any atom is -0.496 e. The molecular formula is C22H19NO3. The molecule has 4 aromatic rings. The van der Waals surface area contributed by atoms with E-state index in [1.165, 1.54) is 0 Å². The van der Waals surface area contributed by atoms with Gasteiger partial charge in [-0.3, -0.25) is 0 Å². The van der Waals surface area contributed by atoms with E-state index in [2.05, 4.69) is 6.07 Å². The highest BCUT2D eigenvalue weighted by molar-refractivity contribution is 6.16. The molecule has 0 fully saturated rings. The van der Waals surface area contributed by atoms with Crippen LogP contribution in [0.2, 0.25) is 0 Å². The van der Waals surface area contributed by atoms with Crippen LogP contribution in [-0.2, 0) is 0 Å². The van der Waals surface area contributed by atoms with Gasteiger partial charge in [0.25, 0.3) is 0 Å². The first kappa shape index (κ1) is 16.2. The van der Waals surface area contributed by atoms with Crippen molar-refractivity contribution < 1.29 is 14.6 Å². The average molecular weight is 345 g/mol. The molecule has 0 aliphatic carbocycles. The number of rotatable bonds is 3. The van der Waals surface area contributed by atoms with E-state index in [0.717, 1.165) is 27.5 Å². The third kappa shape index (κ3) is 2.26. The SMILES string of the molecule is COc1cc2c(C(=O)O)c(C)n(-c3cccc(C)c3)c2c2ccccc12. The number of aromatic carboxylic acids is 1. The van der Waals surface area contributed by atoms with Crippen LogP contribution in [0.5, 0.6) is 5.75 Å². The quantitative estimate of drug-likeness (QED) is 0.561. The van der Waals surface area contributed by atoms with Crippen molar-refractivity contribution in [3.8, 4) is 11.4 Å². The highest BCUT2D eigenvalue weighted by Crippen LogP contribution is 2.39. The number of aryl methyl sites for hydroxylation is 1. The Bertz CT molecular complexity index is 1170. The van der Waals surface area contributed by atoms with Crippen LogP contribution >= 0.6 is 0 Å². The summed E-state index contributed by atoms with van der Waals surface area (Å²) in [5, 5.41) is 12.5. The molecule has 0 aliphatic rings. The fraction of sp³-hybridized carbons (Fsp3) is 0.136. The Labute approximate surface area is 151 Å². The maximum absolute atomic E-state index is 12.0. The van der Waals surface area contributed by atoms with Gasteiger partial charge in [0, 0.05) is 27.5 Å². The lowest BCUT2D eigenvalue weighted by atomic mass is 10.0. The first-order valence-corrected chi connectivity index (χ1v) is 8.44. The van der Waals surface area contributed by atoms with Crippen LogP contribution in [-0.4, -0.2) is 22.8 Å². The molecule has 1 N–H and O–H groups in total. The van der Waals surface area contributed by atoms with Gasteiger partial charge in [-0.05, 0) is 37.6 Å². The number of nitrogens with zero attached hydrogens (tertiary/aromatic N) is 1. The Hall–Kier alpha value is -3.27. The van der Waals surface area contributed by atoms with Crippen LogP contribution < -0.4 is 4.74 Å². The molecule has 3 aromatic carbocycles. The van der Waals surface area contributed by atoms with Gasteiger partial charge in [0.2, 0.25) is 0 Å². The van der Waals surface area contributed by atoms with Gasteiger partial charge in [0.1, 0.15) is 5.75 Å². The van der Waals surface area contributed by atoms with Gasteiger partial charge in [-0.15, -0.1) is 0 Å². The summed E-state index contributed by atoms with van der Waals surface area (Å²) in [7, 11) is 1.61. The van der Waals surface area contributed by atoms with Crippen molar-refractivity contribution in [2.24, 2.45) is 0 Å². The Morgan fingerprint density at radius 1 is 0.962 bits per heavy atom. The van der Waals surface area contributed by atoms with E-state index in [4.69, 9.17) is 4.74 Å². The molecule has 0 spiro atoms. The van der Waals surface area contributed by atoms with Gasteiger partial charge in [0.15, 0.2) is 0 Å². The summed E-state index contributed by atoms with van der Waals surface area (Å²) in [4.78, 5) is 12.0. The van der Waals surface area contributed by atoms with Gasteiger partial charge < -0.3 is 14.4 Å². The molecule has 0 atom stereocenters. The lowest BCUT2D eigenvalue weighted by Crippen LogP contribution is -2.01. The smallest absolute Gasteiger partial charge is 0.338 e. The minimum atomic E-state index is -0.934. The molecule has 0 saturated heterocycles. The molecule has 0 aliphatic heterocycles. The van der Waals surface area contributed by atoms with Gasteiger partial charge in [-0.1, -0.05) is 36.4 Å². The molecule has 4 nitrogen and oxygen atoms in total. The Morgan fingerprint density at radius 2 is 1.69 bits per heavy atom. The molecule has 0 saturated carbocycles. The number of hydrogen-bond acceptors (Lipinski definition) is 2. The molecule has 4 rings (SSSR count). The monoisotopic (exact) mass is 345 g/mol. The van der Waals surface area contributed by atoms with Crippen molar-refractivity contribution in [1.82, 2.24) is 4.57 Å². The summed E-state index contributed by atoms with van der Waals surface area (Å²) in [5.74, 6) is -0.256. The topological polar surface area (TPSA) is 51.5 Å². The lowest BCUT2D eigenvalue weighted by Gasteiger charge is -2.12. The first-order chi connectivity index (χ1) is 12.5. The zero-order valence-electron chi connectivity index (χ0n) is 14.9. The van der Waals surface area contributed by atoms with Crippen molar-refractivity contribution in [3.05, 3.63) is 71.4 Å². The van der Waals surface area contributed by atoms with E-state index >= 15 is 0 Å². The van der Waals surface area contributed by atoms with Crippen LogP contribution in [0.1, 0.15) is 21.6 Å². The minimum absolute atomic E-state index is 0.311. The molecule has 0 amide bonds. The van der Waals surface area contributed by atoms with Crippen LogP contribution in [0, 0.1) is 13.8 Å². The fourth-order valence-corrected chi connectivity index (χ4v) is 3.76. The van der Waals surface area contributed by atoms with Gasteiger partial charge in [0.05, 0.1) is 18.2 Å². The summed E-state index contributed by atoms with van der Waals surface area (Å²) in [6.07, 6.45) is 0. The zero-order valence-corrected chi connectivity index (χ0v) is 14.9. The second-order valence-corrected chi connectivity index (χ2v) is 6.46. The van der Waals surface area contributed by atoms with Crippen LogP contribution in [0.3, 0.4) is 0 Å². The number of carboxylic acid groups (broad SMARTS) is 1. The molecule has 4 heteroatoms. The number of methoxy groups -OCH3 is 1. The molecular weight excluding hydrogens is 326 g/mol. The normalized spacial score (nSPS) is 11.2. The molecule has 1 heterocycles. The van der Waals surface area contributed by atoms with E-state index in [1.54, 1.807) is 7.11 Å². The number of carbonyl (C=O) groups is 1. The van der Waals surface area contributed by atoms with Crippen LogP contribution in [0.25, 0.3) is 27.4 Å². The number of aromatic nitrogens is 1. The number of carboxylic acids is 1. The molecule has 0 bridgehead atoms. The van der Waals surface area contributed by atoms with Crippen molar-refractivity contribution in [2.75, 3.05) is 7.11 Å². The maximum Gasteiger partial charge on any atom is 0.338 e. The van der Waals surface area contributed by atoms with Gasteiger partial charge in [-0.25, -0.2) is 4.79 Å². The van der Waals surface area contributed by atoms with E-state index < -0.39 is 5.97 Å². The zero-order chi connectivity index (χ0) is 18.4. The summed E-state index contributed by atoms with van der Waals surface area (Å²) in [6, 6.07) is 17.9. The fourth-order valence-electron chi connectivity index (χ4n) is 3.76. The van der Waals surface area contributed by atoms with E-state index in [0.29, 0.717) is 22.4 Å². The summed E-state index contributed by atoms with van der Waals surface area (Å²) < 4.78 is 7.58. The van der Waals surface area contributed by atoms with Gasteiger partial charge >= 0.3 is 5.97 Å².